The second-order valence-corrected chi connectivity index (χ2v) is 5.39. The lowest BCUT2D eigenvalue weighted by atomic mass is 9.89. The molecule has 114 valence electrons. The molecule has 0 saturated heterocycles. The zero-order valence-corrected chi connectivity index (χ0v) is 12.6. The molecule has 6 nitrogen and oxygen atoms in total. The Morgan fingerprint density at radius 1 is 1.38 bits per heavy atom. The maximum Gasteiger partial charge on any atom is 0.314 e. The van der Waals surface area contributed by atoms with Gasteiger partial charge in [-0.15, -0.1) is 0 Å². The fraction of sp³-hybridized carbons (Fsp3) is 0.533. The van der Waals surface area contributed by atoms with Crippen molar-refractivity contribution in [3.05, 3.63) is 28.3 Å². The van der Waals surface area contributed by atoms with Gasteiger partial charge in [0.1, 0.15) is 5.75 Å². The molecule has 0 spiro atoms. The fourth-order valence-corrected chi connectivity index (χ4v) is 1.80. The molecule has 6 heteroatoms. The quantitative estimate of drug-likeness (QED) is 0.414. The highest BCUT2D eigenvalue weighted by molar-refractivity contribution is 5.50. The van der Waals surface area contributed by atoms with Crippen LogP contribution in [0, 0.1) is 26.9 Å². The molecule has 0 atom stereocenters. The van der Waals surface area contributed by atoms with Gasteiger partial charge in [-0.25, -0.2) is 0 Å². The molecule has 1 aromatic carbocycles. The van der Waals surface area contributed by atoms with Crippen molar-refractivity contribution >= 4 is 5.69 Å². The number of rotatable bonds is 8. The van der Waals surface area contributed by atoms with Gasteiger partial charge in [-0.2, -0.15) is 5.26 Å². The van der Waals surface area contributed by atoms with Crippen molar-refractivity contribution in [3.8, 4) is 17.6 Å². The lowest BCUT2D eigenvalue weighted by molar-refractivity contribution is -0.385. The SMILES string of the molecule is COc1ccc(OCCCCC(C)(C)C#N)c([N+](=O)[O-])c1. The van der Waals surface area contributed by atoms with E-state index in [-0.39, 0.29) is 16.9 Å². The highest BCUT2D eigenvalue weighted by Gasteiger charge is 2.17. The average molecular weight is 292 g/mol. The Balaban J connectivity index is 2.53. The van der Waals surface area contributed by atoms with Gasteiger partial charge in [-0.3, -0.25) is 10.1 Å². The van der Waals surface area contributed by atoms with Gasteiger partial charge in [0.25, 0.3) is 0 Å². The van der Waals surface area contributed by atoms with Crippen molar-refractivity contribution < 1.29 is 14.4 Å². The number of benzene rings is 1. The summed E-state index contributed by atoms with van der Waals surface area (Å²) in [6.07, 6.45) is 2.36. The van der Waals surface area contributed by atoms with Gasteiger partial charge < -0.3 is 9.47 Å². The Morgan fingerprint density at radius 2 is 2.10 bits per heavy atom. The maximum atomic E-state index is 11.0. The molecule has 21 heavy (non-hydrogen) atoms. The normalized spacial score (nSPS) is 10.8. The van der Waals surface area contributed by atoms with Crippen LogP contribution >= 0.6 is 0 Å². The molecule has 0 saturated carbocycles. The van der Waals surface area contributed by atoms with E-state index in [1.807, 2.05) is 13.8 Å². The van der Waals surface area contributed by atoms with Crippen molar-refractivity contribution in [1.82, 2.24) is 0 Å². The monoisotopic (exact) mass is 292 g/mol. The number of hydrogen-bond acceptors (Lipinski definition) is 5. The molecule has 0 fully saturated rings. The number of nitriles is 1. The number of unbranched alkanes of at least 4 members (excludes halogenated alkanes) is 1. The Bertz CT molecular complexity index is 535. The number of nitro benzene ring substituents is 1. The van der Waals surface area contributed by atoms with Crippen molar-refractivity contribution in [2.75, 3.05) is 13.7 Å². The first-order valence-corrected chi connectivity index (χ1v) is 6.76. The molecular weight excluding hydrogens is 272 g/mol. The van der Waals surface area contributed by atoms with Crippen LogP contribution in [-0.2, 0) is 0 Å². The molecule has 0 aromatic heterocycles. The molecule has 1 rings (SSSR count). The minimum absolute atomic E-state index is 0.105. The van der Waals surface area contributed by atoms with Crippen LogP contribution in [0.5, 0.6) is 11.5 Å². The van der Waals surface area contributed by atoms with E-state index in [9.17, 15) is 10.1 Å². The first kappa shape index (κ1) is 16.8. The van der Waals surface area contributed by atoms with Gasteiger partial charge in [-0.05, 0) is 45.2 Å². The summed E-state index contributed by atoms with van der Waals surface area (Å²) in [5, 5.41) is 19.9. The summed E-state index contributed by atoms with van der Waals surface area (Å²) in [6, 6.07) is 6.75. The van der Waals surface area contributed by atoms with E-state index in [2.05, 4.69) is 6.07 Å². The third-order valence-corrected chi connectivity index (χ3v) is 3.12. The molecule has 0 aliphatic rings. The summed E-state index contributed by atoms with van der Waals surface area (Å²) in [6.45, 7) is 4.17. The maximum absolute atomic E-state index is 11.0. The number of nitro groups is 1. The van der Waals surface area contributed by atoms with E-state index in [1.165, 1.54) is 19.2 Å². The van der Waals surface area contributed by atoms with Gasteiger partial charge in [0, 0.05) is 0 Å². The van der Waals surface area contributed by atoms with Crippen LogP contribution in [0.1, 0.15) is 33.1 Å². The molecular formula is C15H20N2O4. The van der Waals surface area contributed by atoms with Crippen LogP contribution in [0.2, 0.25) is 0 Å². The van der Waals surface area contributed by atoms with Gasteiger partial charge in [0.2, 0.25) is 0 Å². The Morgan fingerprint density at radius 3 is 2.67 bits per heavy atom. The van der Waals surface area contributed by atoms with E-state index in [1.54, 1.807) is 6.07 Å². The van der Waals surface area contributed by atoms with Gasteiger partial charge in [-0.1, -0.05) is 0 Å². The van der Waals surface area contributed by atoms with E-state index >= 15 is 0 Å². The van der Waals surface area contributed by atoms with Crippen LogP contribution in [-0.4, -0.2) is 18.6 Å². The third-order valence-electron chi connectivity index (χ3n) is 3.12. The minimum atomic E-state index is -0.489. The number of hydrogen-bond donors (Lipinski definition) is 0. The molecule has 1 aromatic rings. The van der Waals surface area contributed by atoms with Crippen molar-refractivity contribution in [2.45, 2.75) is 33.1 Å². The summed E-state index contributed by atoms with van der Waals surface area (Å²) >= 11 is 0. The van der Waals surface area contributed by atoms with E-state index < -0.39 is 4.92 Å². The number of ether oxygens (including phenoxy) is 2. The summed E-state index contributed by atoms with van der Waals surface area (Å²) < 4.78 is 10.4. The van der Waals surface area contributed by atoms with Crippen molar-refractivity contribution in [2.24, 2.45) is 5.41 Å². The summed E-state index contributed by atoms with van der Waals surface area (Å²) in [7, 11) is 1.45. The average Bonchev–Trinajstić information content (AvgIpc) is 2.46. The van der Waals surface area contributed by atoms with Crippen LogP contribution in [0.15, 0.2) is 18.2 Å². The zero-order valence-electron chi connectivity index (χ0n) is 12.6. The summed E-state index contributed by atoms with van der Waals surface area (Å²) in [4.78, 5) is 10.5. The van der Waals surface area contributed by atoms with Crippen LogP contribution in [0.25, 0.3) is 0 Å². The molecule has 0 amide bonds. The molecule has 0 aliphatic carbocycles. The van der Waals surface area contributed by atoms with Gasteiger partial charge in [0.15, 0.2) is 5.75 Å². The van der Waals surface area contributed by atoms with E-state index in [0.717, 1.165) is 19.3 Å². The minimum Gasteiger partial charge on any atom is -0.496 e. The van der Waals surface area contributed by atoms with Crippen LogP contribution in [0.4, 0.5) is 5.69 Å². The second kappa shape index (κ2) is 7.48. The zero-order chi connectivity index (χ0) is 15.9. The topological polar surface area (TPSA) is 85.4 Å². The van der Waals surface area contributed by atoms with Gasteiger partial charge >= 0.3 is 5.69 Å². The van der Waals surface area contributed by atoms with Gasteiger partial charge in [0.05, 0.1) is 36.2 Å². The van der Waals surface area contributed by atoms with E-state index in [4.69, 9.17) is 14.7 Å². The Labute approximate surface area is 124 Å². The largest absolute Gasteiger partial charge is 0.496 e. The molecule has 0 bridgehead atoms. The molecule has 0 aliphatic heterocycles. The fourth-order valence-electron chi connectivity index (χ4n) is 1.80. The molecule has 0 radical (unpaired) electrons. The highest BCUT2D eigenvalue weighted by atomic mass is 16.6. The third kappa shape index (κ3) is 5.30. The predicted molar refractivity (Wildman–Crippen MR) is 78.4 cm³/mol. The number of nitrogens with zero attached hydrogens (tertiary/aromatic N) is 2. The first-order chi connectivity index (χ1) is 9.89. The summed E-state index contributed by atoms with van der Waals surface area (Å²) in [5.74, 6) is 0.658. The first-order valence-electron chi connectivity index (χ1n) is 6.76. The standard InChI is InChI=1S/C15H20N2O4/c1-15(2,11-16)8-4-5-9-21-14-7-6-12(20-3)10-13(14)17(18)19/h6-7,10H,4-5,8-9H2,1-3H3. The molecule has 0 heterocycles. The smallest absolute Gasteiger partial charge is 0.314 e. The van der Waals surface area contributed by atoms with Crippen LogP contribution in [0.3, 0.4) is 0 Å². The Kier molecular flexibility index (Phi) is 5.97. The predicted octanol–water partition coefficient (Wildman–Crippen LogP) is 3.70. The molecule has 0 unspecified atom stereocenters. The summed E-state index contributed by atoms with van der Waals surface area (Å²) in [5.41, 5.74) is -0.446. The second-order valence-electron chi connectivity index (χ2n) is 5.39. The van der Waals surface area contributed by atoms with Crippen LogP contribution < -0.4 is 9.47 Å². The number of methoxy groups -OCH3 is 1. The van der Waals surface area contributed by atoms with Crippen molar-refractivity contribution in [1.29, 1.82) is 5.26 Å². The highest BCUT2D eigenvalue weighted by Crippen LogP contribution is 2.31. The van der Waals surface area contributed by atoms with E-state index in [0.29, 0.717) is 12.4 Å². The van der Waals surface area contributed by atoms with Crippen molar-refractivity contribution in [3.63, 3.8) is 0 Å². The molecule has 0 N–H and O–H groups in total. The lowest BCUT2D eigenvalue weighted by Crippen LogP contribution is -2.08. The lowest BCUT2D eigenvalue weighted by Gasteiger charge is -2.14. The Hall–Kier alpha value is -2.29.